The first-order valence-electron chi connectivity index (χ1n) is 7.68. The molecule has 1 aromatic carbocycles. The van der Waals surface area contributed by atoms with Crippen LogP contribution in [0.25, 0.3) is 11.3 Å². The number of benzene rings is 1. The standard InChI is InChI=1S/C18H13FN2O3S/c19-16-6-2-1-5-14(16)18-13-7-8-17(22)15(13)11-21(18)25(23,24)12-4-3-9-20-10-12/h1-6,9-11H,7-8H2. The molecule has 0 radical (unpaired) electrons. The summed E-state index contributed by atoms with van der Waals surface area (Å²) in [7, 11) is -4.00. The highest BCUT2D eigenvalue weighted by atomic mass is 32.2. The zero-order valence-corrected chi connectivity index (χ0v) is 13.8. The maximum Gasteiger partial charge on any atom is 0.269 e. The van der Waals surface area contributed by atoms with E-state index in [0.29, 0.717) is 24.0 Å². The third-order valence-corrected chi connectivity index (χ3v) is 5.94. The van der Waals surface area contributed by atoms with Crippen LogP contribution in [-0.4, -0.2) is 23.2 Å². The van der Waals surface area contributed by atoms with Crippen LogP contribution in [0.4, 0.5) is 4.39 Å². The fraction of sp³-hybridized carbons (Fsp3) is 0.111. The Labute approximate surface area is 143 Å². The molecule has 0 aliphatic heterocycles. The van der Waals surface area contributed by atoms with Gasteiger partial charge in [-0.05, 0) is 36.2 Å². The molecule has 2 aromatic heterocycles. The summed E-state index contributed by atoms with van der Waals surface area (Å²) in [5, 5.41) is 0. The summed E-state index contributed by atoms with van der Waals surface area (Å²) in [6.07, 6.45) is 4.70. The lowest BCUT2D eigenvalue weighted by molar-refractivity contribution is 0.0994. The van der Waals surface area contributed by atoms with Gasteiger partial charge >= 0.3 is 0 Å². The van der Waals surface area contributed by atoms with Crippen LogP contribution in [0.5, 0.6) is 0 Å². The lowest BCUT2D eigenvalue weighted by Gasteiger charge is -2.12. The van der Waals surface area contributed by atoms with Gasteiger partial charge in [-0.3, -0.25) is 9.78 Å². The number of fused-ring (bicyclic) bond motifs is 1. The molecule has 7 heteroatoms. The van der Waals surface area contributed by atoms with Gasteiger partial charge in [0.05, 0.1) is 5.69 Å². The number of rotatable bonds is 3. The van der Waals surface area contributed by atoms with Crippen LogP contribution in [0.1, 0.15) is 22.3 Å². The number of carbonyl (C=O) groups is 1. The van der Waals surface area contributed by atoms with Crippen molar-refractivity contribution < 1.29 is 17.6 Å². The lowest BCUT2D eigenvalue weighted by Crippen LogP contribution is -2.14. The first-order chi connectivity index (χ1) is 12.0. The van der Waals surface area contributed by atoms with E-state index < -0.39 is 15.8 Å². The Balaban J connectivity index is 2.03. The Morgan fingerprint density at radius 2 is 1.84 bits per heavy atom. The molecule has 25 heavy (non-hydrogen) atoms. The van der Waals surface area contributed by atoms with E-state index in [-0.39, 0.29) is 21.9 Å². The maximum absolute atomic E-state index is 14.4. The van der Waals surface area contributed by atoms with Gasteiger partial charge in [-0.25, -0.2) is 16.8 Å². The van der Waals surface area contributed by atoms with Gasteiger partial charge in [-0.2, -0.15) is 0 Å². The van der Waals surface area contributed by atoms with Gasteiger partial charge < -0.3 is 0 Å². The molecule has 3 aromatic rings. The van der Waals surface area contributed by atoms with Crippen molar-refractivity contribution in [1.82, 2.24) is 8.96 Å². The second kappa shape index (κ2) is 5.63. The van der Waals surface area contributed by atoms with E-state index in [1.165, 1.54) is 48.9 Å². The highest BCUT2D eigenvalue weighted by Crippen LogP contribution is 2.37. The fourth-order valence-electron chi connectivity index (χ4n) is 3.12. The second-order valence-electron chi connectivity index (χ2n) is 5.76. The Morgan fingerprint density at radius 3 is 2.56 bits per heavy atom. The molecular formula is C18H13FN2O3S. The topological polar surface area (TPSA) is 69.0 Å². The largest absolute Gasteiger partial charge is 0.294 e. The fourth-order valence-corrected chi connectivity index (χ4v) is 4.49. The molecule has 0 N–H and O–H groups in total. The average Bonchev–Trinajstić information content (AvgIpc) is 3.17. The van der Waals surface area contributed by atoms with Crippen LogP contribution < -0.4 is 0 Å². The number of nitrogens with zero attached hydrogens (tertiary/aromatic N) is 2. The minimum atomic E-state index is -4.00. The number of halogens is 1. The first kappa shape index (κ1) is 15.7. The Morgan fingerprint density at radius 1 is 1.04 bits per heavy atom. The van der Waals surface area contributed by atoms with E-state index in [0.717, 1.165) is 3.97 Å². The summed E-state index contributed by atoms with van der Waals surface area (Å²) in [6, 6.07) is 8.89. The summed E-state index contributed by atoms with van der Waals surface area (Å²) >= 11 is 0. The lowest BCUT2D eigenvalue weighted by atomic mass is 10.1. The van der Waals surface area contributed by atoms with Crippen molar-refractivity contribution in [3.05, 3.63) is 71.9 Å². The van der Waals surface area contributed by atoms with Gasteiger partial charge in [-0.1, -0.05) is 12.1 Å². The van der Waals surface area contributed by atoms with Crippen LogP contribution in [0, 0.1) is 5.82 Å². The number of aromatic nitrogens is 2. The predicted octanol–water partition coefficient (Wildman–Crippen LogP) is 3.06. The minimum Gasteiger partial charge on any atom is -0.294 e. The van der Waals surface area contributed by atoms with Crippen LogP contribution >= 0.6 is 0 Å². The van der Waals surface area contributed by atoms with E-state index in [1.54, 1.807) is 6.07 Å². The summed E-state index contributed by atoms with van der Waals surface area (Å²) in [5.41, 5.74) is 1.28. The van der Waals surface area contributed by atoms with Crippen LogP contribution in [0.2, 0.25) is 0 Å². The molecule has 0 saturated heterocycles. The van der Waals surface area contributed by atoms with Crippen molar-refractivity contribution in [3.63, 3.8) is 0 Å². The normalized spacial score (nSPS) is 13.9. The zero-order valence-electron chi connectivity index (χ0n) is 13.0. The van der Waals surface area contributed by atoms with Crippen LogP contribution in [0.3, 0.4) is 0 Å². The first-order valence-corrected chi connectivity index (χ1v) is 9.12. The molecule has 126 valence electrons. The quantitative estimate of drug-likeness (QED) is 0.723. The van der Waals surface area contributed by atoms with E-state index in [4.69, 9.17) is 0 Å². The van der Waals surface area contributed by atoms with Crippen molar-refractivity contribution in [2.75, 3.05) is 0 Å². The zero-order chi connectivity index (χ0) is 17.6. The van der Waals surface area contributed by atoms with Crippen molar-refractivity contribution in [2.24, 2.45) is 0 Å². The highest BCUT2D eigenvalue weighted by molar-refractivity contribution is 7.90. The number of hydrogen-bond acceptors (Lipinski definition) is 4. The average molecular weight is 356 g/mol. The molecule has 0 amide bonds. The number of hydrogen-bond donors (Lipinski definition) is 0. The van der Waals surface area contributed by atoms with Crippen molar-refractivity contribution in [3.8, 4) is 11.3 Å². The predicted molar refractivity (Wildman–Crippen MR) is 89.3 cm³/mol. The van der Waals surface area contributed by atoms with E-state index in [2.05, 4.69) is 4.98 Å². The monoisotopic (exact) mass is 356 g/mol. The van der Waals surface area contributed by atoms with Gasteiger partial charge in [0.15, 0.2) is 5.78 Å². The molecule has 0 atom stereocenters. The molecule has 1 aliphatic carbocycles. The summed E-state index contributed by atoms with van der Waals surface area (Å²) < 4.78 is 41.5. The molecule has 0 fully saturated rings. The van der Waals surface area contributed by atoms with Gasteiger partial charge in [0.1, 0.15) is 10.7 Å². The second-order valence-corrected chi connectivity index (χ2v) is 7.58. The van der Waals surface area contributed by atoms with Crippen LogP contribution in [0.15, 0.2) is 59.9 Å². The van der Waals surface area contributed by atoms with Gasteiger partial charge in [-0.15, -0.1) is 0 Å². The molecule has 0 unspecified atom stereocenters. The Kier molecular flexibility index (Phi) is 3.54. The molecule has 2 heterocycles. The molecule has 1 aliphatic rings. The van der Waals surface area contributed by atoms with Gasteiger partial charge in [0.2, 0.25) is 0 Å². The van der Waals surface area contributed by atoms with Crippen molar-refractivity contribution in [1.29, 1.82) is 0 Å². The van der Waals surface area contributed by atoms with Gasteiger partial charge in [0, 0.05) is 36.1 Å². The summed E-state index contributed by atoms with van der Waals surface area (Å²) in [5.74, 6) is -0.668. The smallest absolute Gasteiger partial charge is 0.269 e. The van der Waals surface area contributed by atoms with Crippen LogP contribution in [-0.2, 0) is 16.4 Å². The maximum atomic E-state index is 14.4. The van der Waals surface area contributed by atoms with E-state index in [9.17, 15) is 17.6 Å². The molecule has 0 spiro atoms. The number of pyridine rings is 1. The molecule has 4 rings (SSSR count). The van der Waals surface area contributed by atoms with Gasteiger partial charge in [0.25, 0.3) is 10.0 Å². The van der Waals surface area contributed by atoms with Crippen molar-refractivity contribution >= 4 is 15.8 Å². The summed E-state index contributed by atoms with van der Waals surface area (Å²) in [6.45, 7) is 0. The number of ketones is 1. The van der Waals surface area contributed by atoms with E-state index in [1.807, 2.05) is 0 Å². The van der Waals surface area contributed by atoms with Crippen molar-refractivity contribution in [2.45, 2.75) is 17.7 Å². The Hall–Kier alpha value is -2.80. The third kappa shape index (κ3) is 2.39. The highest BCUT2D eigenvalue weighted by Gasteiger charge is 2.32. The molecule has 0 saturated carbocycles. The Bertz CT molecular complexity index is 1090. The molecular weight excluding hydrogens is 343 g/mol. The SMILES string of the molecule is O=C1CCc2c1cn(S(=O)(=O)c1cccnc1)c2-c1ccccc1F. The minimum absolute atomic E-state index is 0.0197. The number of carbonyl (C=O) groups excluding carboxylic acids is 1. The third-order valence-electron chi connectivity index (χ3n) is 4.30. The molecule has 5 nitrogen and oxygen atoms in total. The summed E-state index contributed by atoms with van der Waals surface area (Å²) in [4.78, 5) is 15.9. The molecule has 0 bridgehead atoms. The number of Topliss-reactive ketones (excluding diaryl/α,β-unsaturated/α-hetero) is 1. The van der Waals surface area contributed by atoms with E-state index >= 15 is 0 Å².